The van der Waals surface area contributed by atoms with Crippen LogP contribution in [0.1, 0.15) is 49.8 Å². The number of hydrogen-bond acceptors (Lipinski definition) is 10. The van der Waals surface area contributed by atoms with E-state index in [1.807, 2.05) is 24.3 Å². The SMILES string of the molecule is COc1nc(-c2cccc(-c3ccnc(-c4cc(OC)c5nc(C=O)nn5c4)c3Cl)c2Cl)ccc1CN(C[C@@H]1CCC(=O)N1)C(=O)OC(C)(C)C. The number of benzene rings is 1. The molecule has 0 spiro atoms. The van der Waals surface area contributed by atoms with Gasteiger partial charge in [-0.25, -0.2) is 19.3 Å². The van der Waals surface area contributed by atoms with E-state index in [1.165, 1.54) is 18.7 Å². The van der Waals surface area contributed by atoms with Crippen molar-refractivity contribution in [3.05, 3.63) is 76.3 Å². The summed E-state index contributed by atoms with van der Waals surface area (Å²) in [5.74, 6) is 0.662. The van der Waals surface area contributed by atoms with Crippen LogP contribution in [0.5, 0.6) is 11.6 Å². The number of fused-ring (bicyclic) bond motifs is 1. The van der Waals surface area contributed by atoms with Gasteiger partial charge in [0.2, 0.25) is 17.6 Å². The van der Waals surface area contributed by atoms with Gasteiger partial charge in [-0.2, -0.15) is 0 Å². The Balaban J connectivity index is 1.33. The van der Waals surface area contributed by atoms with E-state index < -0.39 is 11.7 Å². The fourth-order valence-corrected chi connectivity index (χ4v) is 6.47. The highest BCUT2D eigenvalue weighted by atomic mass is 35.5. The second-order valence-electron chi connectivity index (χ2n) is 12.9. The number of rotatable bonds is 10. The zero-order valence-electron chi connectivity index (χ0n) is 28.6. The molecule has 13 nitrogen and oxygen atoms in total. The third-order valence-electron chi connectivity index (χ3n) is 8.14. The predicted molar refractivity (Wildman–Crippen MR) is 191 cm³/mol. The van der Waals surface area contributed by atoms with Crippen LogP contribution in [0.25, 0.3) is 39.3 Å². The highest BCUT2D eigenvalue weighted by Gasteiger charge is 2.29. The smallest absolute Gasteiger partial charge is 0.410 e. The maximum atomic E-state index is 13.3. The van der Waals surface area contributed by atoms with Gasteiger partial charge < -0.3 is 24.4 Å². The number of pyridine rings is 3. The van der Waals surface area contributed by atoms with Crippen molar-refractivity contribution in [1.29, 1.82) is 0 Å². The van der Waals surface area contributed by atoms with Gasteiger partial charge in [0.05, 0.1) is 42.2 Å². The van der Waals surface area contributed by atoms with Crippen LogP contribution in [0.2, 0.25) is 10.0 Å². The van der Waals surface area contributed by atoms with Crippen molar-refractivity contribution in [2.24, 2.45) is 0 Å². The Morgan fingerprint density at radius 3 is 2.51 bits per heavy atom. The van der Waals surface area contributed by atoms with Crippen LogP contribution in [0.3, 0.4) is 0 Å². The van der Waals surface area contributed by atoms with Crippen LogP contribution >= 0.6 is 23.2 Å². The molecule has 5 heterocycles. The molecule has 0 aliphatic carbocycles. The molecule has 0 radical (unpaired) electrons. The molecule has 1 saturated heterocycles. The summed E-state index contributed by atoms with van der Waals surface area (Å²) in [6.45, 7) is 5.82. The Labute approximate surface area is 303 Å². The molecule has 51 heavy (non-hydrogen) atoms. The molecule has 4 aromatic heterocycles. The number of aromatic nitrogens is 5. The lowest BCUT2D eigenvalue weighted by Crippen LogP contribution is -2.43. The quantitative estimate of drug-likeness (QED) is 0.154. The summed E-state index contributed by atoms with van der Waals surface area (Å²) >= 11 is 14.1. The number of methoxy groups -OCH3 is 2. The minimum atomic E-state index is -0.709. The molecule has 0 unspecified atom stereocenters. The lowest BCUT2D eigenvalue weighted by Gasteiger charge is -2.29. The summed E-state index contributed by atoms with van der Waals surface area (Å²) in [5.41, 5.74) is 3.75. The summed E-state index contributed by atoms with van der Waals surface area (Å²) < 4.78 is 18.3. The van der Waals surface area contributed by atoms with Gasteiger partial charge in [0.1, 0.15) is 5.60 Å². The fraction of sp³-hybridized carbons (Fsp3) is 0.306. The van der Waals surface area contributed by atoms with E-state index >= 15 is 0 Å². The van der Waals surface area contributed by atoms with E-state index in [0.29, 0.717) is 85.7 Å². The minimum absolute atomic E-state index is 0.0135. The lowest BCUT2D eigenvalue weighted by atomic mass is 10.00. The monoisotopic (exact) mass is 731 g/mol. The highest BCUT2D eigenvalue weighted by molar-refractivity contribution is 6.39. The van der Waals surface area contributed by atoms with Gasteiger partial charge in [-0.3, -0.25) is 14.6 Å². The molecule has 1 fully saturated rings. The summed E-state index contributed by atoms with van der Waals surface area (Å²) in [4.78, 5) is 51.5. The third-order valence-corrected chi connectivity index (χ3v) is 8.93. The summed E-state index contributed by atoms with van der Waals surface area (Å²) in [5, 5.41) is 7.83. The normalized spacial score (nSPS) is 14.3. The lowest BCUT2D eigenvalue weighted by molar-refractivity contribution is -0.119. The first kappa shape index (κ1) is 35.6. The van der Waals surface area contributed by atoms with Crippen LogP contribution < -0.4 is 14.8 Å². The Kier molecular flexibility index (Phi) is 10.1. The van der Waals surface area contributed by atoms with Crippen LogP contribution in [0.4, 0.5) is 4.79 Å². The van der Waals surface area contributed by atoms with Crippen molar-refractivity contribution in [3.8, 4) is 45.3 Å². The fourth-order valence-electron chi connectivity index (χ4n) is 5.83. The number of carbonyl (C=O) groups excluding carboxylic acids is 3. The molecule has 264 valence electrons. The number of nitrogens with zero attached hydrogens (tertiary/aromatic N) is 6. The van der Waals surface area contributed by atoms with E-state index in [9.17, 15) is 14.4 Å². The van der Waals surface area contributed by atoms with Crippen molar-refractivity contribution in [3.63, 3.8) is 0 Å². The van der Waals surface area contributed by atoms with E-state index in [1.54, 1.807) is 56.3 Å². The molecule has 1 aliphatic heterocycles. The summed E-state index contributed by atoms with van der Waals surface area (Å²) in [6, 6.07) is 12.5. The number of halogens is 2. The molecular formula is C36H35Cl2N7O6. The average Bonchev–Trinajstić information content (AvgIpc) is 3.72. The first-order chi connectivity index (χ1) is 24.4. The van der Waals surface area contributed by atoms with E-state index in [-0.39, 0.29) is 30.9 Å². The number of amides is 2. The highest BCUT2D eigenvalue weighted by Crippen LogP contribution is 2.42. The summed E-state index contributed by atoms with van der Waals surface area (Å²) in [6.07, 6.45) is 4.37. The van der Waals surface area contributed by atoms with Crippen molar-refractivity contribution < 1.29 is 28.6 Å². The van der Waals surface area contributed by atoms with Crippen molar-refractivity contribution in [2.45, 2.75) is 51.8 Å². The first-order valence-electron chi connectivity index (χ1n) is 16.0. The molecule has 1 atom stereocenters. The maximum Gasteiger partial charge on any atom is 0.410 e. The number of hydrogen-bond donors (Lipinski definition) is 1. The molecule has 2 amide bonds. The molecule has 6 rings (SSSR count). The van der Waals surface area contributed by atoms with E-state index in [0.717, 1.165) is 0 Å². The number of ether oxygens (including phenoxy) is 3. The molecule has 0 saturated carbocycles. The van der Waals surface area contributed by atoms with Gasteiger partial charge in [0, 0.05) is 59.2 Å². The van der Waals surface area contributed by atoms with Crippen molar-refractivity contribution >= 4 is 47.1 Å². The van der Waals surface area contributed by atoms with Crippen LogP contribution in [0, 0.1) is 0 Å². The van der Waals surface area contributed by atoms with Gasteiger partial charge in [-0.15, -0.1) is 5.10 Å². The van der Waals surface area contributed by atoms with Crippen LogP contribution in [0.15, 0.2) is 54.9 Å². The average molecular weight is 733 g/mol. The Hall–Kier alpha value is -5.27. The van der Waals surface area contributed by atoms with Gasteiger partial charge >= 0.3 is 6.09 Å². The molecule has 15 heteroatoms. The molecule has 1 N–H and O–H groups in total. The first-order valence-corrected chi connectivity index (χ1v) is 16.8. The standard InChI is InChI=1S/C36H35Cl2N7O6/c1-36(2,3)51-35(48)44(18-22-10-12-29(47)40-22)16-20-9-11-26(41-34(20)50-5)25-8-6-7-23(30(25)37)24-13-14-39-32(31(24)38)21-15-27(49-4)33-42-28(19-46)43-45(33)17-21/h6-9,11,13-15,17,19,22H,10,12,16,18H2,1-5H3,(H,40,47)/t22-/m0/s1. The number of carbonyl (C=O) groups is 3. The molecular weight excluding hydrogens is 697 g/mol. The van der Waals surface area contributed by atoms with Gasteiger partial charge in [0.15, 0.2) is 17.7 Å². The second kappa shape index (κ2) is 14.5. The molecule has 0 bridgehead atoms. The van der Waals surface area contributed by atoms with Crippen LogP contribution in [-0.4, -0.2) is 80.2 Å². The van der Waals surface area contributed by atoms with E-state index in [2.05, 4.69) is 20.4 Å². The van der Waals surface area contributed by atoms with Crippen LogP contribution in [-0.2, 0) is 16.1 Å². The Bertz CT molecular complexity index is 2150. The maximum absolute atomic E-state index is 13.3. The Morgan fingerprint density at radius 2 is 1.82 bits per heavy atom. The minimum Gasteiger partial charge on any atom is -0.493 e. The topological polar surface area (TPSA) is 150 Å². The third kappa shape index (κ3) is 7.59. The van der Waals surface area contributed by atoms with Gasteiger partial charge in [-0.1, -0.05) is 41.4 Å². The molecule has 1 aromatic carbocycles. The summed E-state index contributed by atoms with van der Waals surface area (Å²) in [7, 11) is 3.00. The number of aldehydes is 1. The zero-order chi connectivity index (χ0) is 36.4. The van der Waals surface area contributed by atoms with Crippen molar-refractivity contribution in [1.82, 2.24) is 34.8 Å². The van der Waals surface area contributed by atoms with Crippen molar-refractivity contribution in [2.75, 3.05) is 20.8 Å². The molecule has 1 aliphatic rings. The predicted octanol–water partition coefficient (Wildman–Crippen LogP) is 6.67. The number of nitrogens with one attached hydrogen (secondary N) is 1. The van der Waals surface area contributed by atoms with E-state index in [4.69, 9.17) is 42.4 Å². The zero-order valence-corrected chi connectivity index (χ0v) is 30.1. The molecule has 5 aromatic rings. The Morgan fingerprint density at radius 1 is 1.06 bits per heavy atom. The second-order valence-corrected chi connectivity index (χ2v) is 13.6. The van der Waals surface area contributed by atoms with Gasteiger partial charge in [-0.05, 0) is 51.5 Å². The van der Waals surface area contributed by atoms with Gasteiger partial charge in [0.25, 0.3) is 0 Å². The largest absolute Gasteiger partial charge is 0.493 e.